The van der Waals surface area contributed by atoms with E-state index in [2.05, 4.69) is 5.32 Å². The van der Waals surface area contributed by atoms with Gasteiger partial charge < -0.3 is 10.4 Å². The Morgan fingerprint density at radius 3 is 2.47 bits per heavy atom. The molecule has 0 bridgehead atoms. The van der Waals surface area contributed by atoms with Crippen LogP contribution in [0.3, 0.4) is 0 Å². The number of phenols is 1. The highest BCUT2D eigenvalue weighted by Crippen LogP contribution is 2.24. The Bertz CT molecular complexity index is 513. The fourth-order valence-electron chi connectivity index (χ4n) is 1.43. The van der Waals surface area contributed by atoms with E-state index >= 15 is 0 Å². The summed E-state index contributed by atoms with van der Waals surface area (Å²) in [6.07, 6.45) is 0. The predicted octanol–water partition coefficient (Wildman–Crippen LogP) is 3.80. The van der Waals surface area contributed by atoms with Crippen molar-refractivity contribution < 1.29 is 9.50 Å². The number of nitrogens with one attached hydrogen (secondary N) is 1. The summed E-state index contributed by atoms with van der Waals surface area (Å²) in [5.41, 5.74) is 1.77. The number of hydrogen-bond donors (Lipinski definition) is 2. The standard InChI is InChI=1S/C13H11ClFNO/c14-12-7-9(1-6-13(12)17)8-16-11-4-2-10(15)3-5-11/h1-7,16-17H,8H2. The summed E-state index contributed by atoms with van der Waals surface area (Å²) in [5, 5.41) is 12.7. The normalized spacial score (nSPS) is 10.2. The maximum absolute atomic E-state index is 12.7. The van der Waals surface area contributed by atoms with Gasteiger partial charge >= 0.3 is 0 Å². The molecule has 0 aliphatic carbocycles. The fourth-order valence-corrected chi connectivity index (χ4v) is 1.64. The molecule has 17 heavy (non-hydrogen) atoms. The minimum Gasteiger partial charge on any atom is -0.506 e. The first-order chi connectivity index (χ1) is 8.15. The lowest BCUT2D eigenvalue weighted by Crippen LogP contribution is -1.99. The molecule has 2 aromatic carbocycles. The largest absolute Gasteiger partial charge is 0.506 e. The summed E-state index contributed by atoms with van der Waals surface area (Å²) in [6.45, 7) is 0.561. The van der Waals surface area contributed by atoms with Gasteiger partial charge in [-0.25, -0.2) is 4.39 Å². The van der Waals surface area contributed by atoms with E-state index in [1.165, 1.54) is 12.1 Å². The minimum atomic E-state index is -0.261. The first kappa shape index (κ1) is 11.7. The van der Waals surface area contributed by atoms with Gasteiger partial charge in [0.05, 0.1) is 5.02 Å². The van der Waals surface area contributed by atoms with Gasteiger partial charge in [0.25, 0.3) is 0 Å². The van der Waals surface area contributed by atoms with Crippen LogP contribution in [0, 0.1) is 5.82 Å². The molecule has 2 nitrogen and oxygen atoms in total. The van der Waals surface area contributed by atoms with Crippen LogP contribution >= 0.6 is 11.6 Å². The monoisotopic (exact) mass is 251 g/mol. The van der Waals surface area contributed by atoms with Crippen LogP contribution < -0.4 is 5.32 Å². The van der Waals surface area contributed by atoms with Crippen molar-refractivity contribution in [3.63, 3.8) is 0 Å². The van der Waals surface area contributed by atoms with E-state index in [-0.39, 0.29) is 11.6 Å². The maximum Gasteiger partial charge on any atom is 0.134 e. The number of halogens is 2. The van der Waals surface area contributed by atoms with Crippen LogP contribution in [0.4, 0.5) is 10.1 Å². The average molecular weight is 252 g/mol. The molecule has 0 saturated heterocycles. The van der Waals surface area contributed by atoms with E-state index in [4.69, 9.17) is 11.6 Å². The van der Waals surface area contributed by atoms with Crippen molar-refractivity contribution in [3.05, 3.63) is 58.9 Å². The van der Waals surface area contributed by atoms with Gasteiger partial charge in [0.1, 0.15) is 11.6 Å². The van der Waals surface area contributed by atoms with Crippen LogP contribution in [0.15, 0.2) is 42.5 Å². The average Bonchev–Trinajstić information content (AvgIpc) is 2.33. The topological polar surface area (TPSA) is 32.3 Å². The van der Waals surface area contributed by atoms with E-state index in [9.17, 15) is 9.50 Å². The fraction of sp³-hybridized carbons (Fsp3) is 0.0769. The van der Waals surface area contributed by atoms with Gasteiger partial charge in [-0.2, -0.15) is 0 Å². The number of hydrogen-bond acceptors (Lipinski definition) is 2. The summed E-state index contributed by atoms with van der Waals surface area (Å²) in [7, 11) is 0. The number of phenolic OH excluding ortho intramolecular Hbond substituents is 1. The Hall–Kier alpha value is -1.74. The molecule has 0 atom stereocenters. The Balaban J connectivity index is 2.02. The third kappa shape index (κ3) is 3.11. The van der Waals surface area contributed by atoms with Crippen LogP contribution in [0.1, 0.15) is 5.56 Å². The first-order valence-electron chi connectivity index (χ1n) is 5.12. The molecule has 0 aliphatic heterocycles. The quantitative estimate of drug-likeness (QED) is 0.870. The van der Waals surface area contributed by atoms with Gasteiger partial charge in [0.15, 0.2) is 0 Å². The maximum atomic E-state index is 12.7. The van der Waals surface area contributed by atoms with E-state index in [0.29, 0.717) is 11.6 Å². The molecule has 4 heteroatoms. The van der Waals surface area contributed by atoms with Crippen LogP contribution in [-0.4, -0.2) is 5.11 Å². The molecular formula is C13H11ClFNO. The number of anilines is 1. The van der Waals surface area contributed by atoms with Crippen molar-refractivity contribution >= 4 is 17.3 Å². The molecule has 0 aliphatic rings. The summed E-state index contributed by atoms with van der Waals surface area (Å²) < 4.78 is 12.7. The molecule has 0 spiro atoms. The van der Waals surface area contributed by atoms with Gasteiger partial charge in [-0.15, -0.1) is 0 Å². The van der Waals surface area contributed by atoms with Crippen molar-refractivity contribution in [1.82, 2.24) is 0 Å². The molecule has 2 rings (SSSR count). The molecule has 0 saturated carbocycles. The van der Waals surface area contributed by atoms with E-state index in [1.54, 1.807) is 30.3 Å². The molecule has 0 heterocycles. The third-order valence-electron chi connectivity index (χ3n) is 2.35. The highest BCUT2D eigenvalue weighted by molar-refractivity contribution is 6.32. The molecule has 0 radical (unpaired) electrons. The molecule has 0 unspecified atom stereocenters. The van der Waals surface area contributed by atoms with Crippen LogP contribution in [0.2, 0.25) is 5.02 Å². The zero-order valence-corrected chi connectivity index (χ0v) is 9.71. The van der Waals surface area contributed by atoms with Crippen molar-refractivity contribution in [2.45, 2.75) is 6.54 Å². The van der Waals surface area contributed by atoms with Crippen molar-refractivity contribution in [2.75, 3.05) is 5.32 Å². The van der Waals surface area contributed by atoms with Gasteiger partial charge in [-0.1, -0.05) is 17.7 Å². The molecule has 2 N–H and O–H groups in total. The van der Waals surface area contributed by atoms with E-state index in [1.807, 2.05) is 0 Å². The molecule has 0 amide bonds. The Morgan fingerprint density at radius 2 is 1.82 bits per heavy atom. The van der Waals surface area contributed by atoms with Crippen LogP contribution in [0.5, 0.6) is 5.75 Å². The minimum absolute atomic E-state index is 0.0669. The molecule has 2 aromatic rings. The van der Waals surface area contributed by atoms with Gasteiger partial charge in [0, 0.05) is 12.2 Å². The van der Waals surface area contributed by atoms with Gasteiger partial charge in [-0.05, 0) is 42.0 Å². The van der Waals surface area contributed by atoms with Crippen molar-refractivity contribution in [1.29, 1.82) is 0 Å². The van der Waals surface area contributed by atoms with Crippen LogP contribution in [0.25, 0.3) is 0 Å². The second-order valence-corrected chi connectivity index (χ2v) is 4.05. The summed E-state index contributed by atoms with van der Waals surface area (Å²) in [5.74, 6) is -0.194. The smallest absolute Gasteiger partial charge is 0.134 e. The highest BCUT2D eigenvalue weighted by atomic mass is 35.5. The second kappa shape index (κ2) is 5.06. The lowest BCUT2D eigenvalue weighted by atomic mass is 10.2. The highest BCUT2D eigenvalue weighted by Gasteiger charge is 2.00. The molecule has 0 aromatic heterocycles. The Kier molecular flexibility index (Phi) is 3.49. The van der Waals surface area contributed by atoms with Gasteiger partial charge in [0.2, 0.25) is 0 Å². The van der Waals surface area contributed by atoms with Crippen LogP contribution in [-0.2, 0) is 6.54 Å². The second-order valence-electron chi connectivity index (χ2n) is 3.65. The SMILES string of the molecule is Oc1ccc(CNc2ccc(F)cc2)cc1Cl. The summed E-state index contributed by atoms with van der Waals surface area (Å²) in [4.78, 5) is 0. The number of rotatable bonds is 3. The van der Waals surface area contributed by atoms with E-state index in [0.717, 1.165) is 11.3 Å². The molecule has 88 valence electrons. The lowest BCUT2D eigenvalue weighted by molar-refractivity contribution is 0.475. The van der Waals surface area contributed by atoms with Gasteiger partial charge in [-0.3, -0.25) is 0 Å². The lowest BCUT2D eigenvalue weighted by Gasteiger charge is -2.07. The van der Waals surface area contributed by atoms with Crippen molar-refractivity contribution in [2.24, 2.45) is 0 Å². The molecular weight excluding hydrogens is 241 g/mol. The summed E-state index contributed by atoms with van der Waals surface area (Å²) in [6, 6.07) is 11.1. The first-order valence-corrected chi connectivity index (χ1v) is 5.50. The number of aromatic hydroxyl groups is 1. The molecule has 0 fully saturated rings. The van der Waals surface area contributed by atoms with E-state index < -0.39 is 0 Å². The zero-order chi connectivity index (χ0) is 12.3. The Labute approximate surface area is 104 Å². The predicted molar refractivity (Wildman–Crippen MR) is 66.8 cm³/mol. The van der Waals surface area contributed by atoms with Crippen molar-refractivity contribution in [3.8, 4) is 5.75 Å². The third-order valence-corrected chi connectivity index (χ3v) is 2.66. The number of benzene rings is 2. The Morgan fingerprint density at radius 1 is 1.12 bits per heavy atom. The summed E-state index contributed by atoms with van der Waals surface area (Å²) >= 11 is 5.79. The zero-order valence-electron chi connectivity index (χ0n) is 8.95.